The highest BCUT2D eigenvalue weighted by Crippen LogP contribution is 2.40. The van der Waals surface area contributed by atoms with Crippen LogP contribution in [0.2, 0.25) is 0 Å². The summed E-state index contributed by atoms with van der Waals surface area (Å²) in [7, 11) is 3.05. The molecule has 1 atom stereocenters. The van der Waals surface area contributed by atoms with Gasteiger partial charge < -0.3 is 24.2 Å². The van der Waals surface area contributed by atoms with Crippen molar-refractivity contribution in [3.63, 3.8) is 0 Å². The second-order valence-corrected chi connectivity index (χ2v) is 7.13. The lowest BCUT2D eigenvalue weighted by atomic mass is 9.95. The number of nitrogens with zero attached hydrogens (tertiary/aromatic N) is 1. The molecule has 1 N–H and O–H groups in total. The summed E-state index contributed by atoms with van der Waals surface area (Å²) in [5.41, 5.74) is 1.14. The number of likely N-dealkylation sites (tertiary alicyclic amines) is 1. The molecule has 1 amide bonds. The third kappa shape index (κ3) is 4.72. The van der Waals surface area contributed by atoms with Crippen LogP contribution in [0.3, 0.4) is 0 Å². The van der Waals surface area contributed by atoms with Crippen molar-refractivity contribution in [2.45, 2.75) is 19.4 Å². The maximum absolute atomic E-state index is 12.9. The van der Waals surface area contributed by atoms with E-state index in [0.29, 0.717) is 29.2 Å². The Labute approximate surface area is 181 Å². The van der Waals surface area contributed by atoms with Crippen LogP contribution in [0.1, 0.15) is 30.5 Å². The van der Waals surface area contributed by atoms with Crippen LogP contribution < -0.4 is 9.47 Å². The smallest absolute Gasteiger partial charge is 0.295 e. The van der Waals surface area contributed by atoms with Crippen molar-refractivity contribution in [1.82, 2.24) is 4.90 Å². The molecule has 1 aliphatic rings. The molecule has 7 nitrogen and oxygen atoms in total. The topological polar surface area (TPSA) is 85.3 Å². The minimum atomic E-state index is -0.735. The Bertz CT molecular complexity index is 966. The van der Waals surface area contributed by atoms with Crippen molar-refractivity contribution in [2.24, 2.45) is 0 Å². The van der Waals surface area contributed by atoms with E-state index in [1.165, 1.54) is 19.1 Å². The molecule has 0 aromatic heterocycles. The van der Waals surface area contributed by atoms with Crippen molar-refractivity contribution in [3.8, 4) is 11.5 Å². The van der Waals surface area contributed by atoms with Crippen molar-refractivity contribution in [1.29, 1.82) is 0 Å². The molecule has 2 aromatic carbocycles. The molecule has 1 unspecified atom stereocenters. The van der Waals surface area contributed by atoms with E-state index in [4.69, 9.17) is 14.2 Å². The molecular formula is C24H27NO6. The van der Waals surface area contributed by atoms with Crippen LogP contribution in [-0.4, -0.2) is 55.7 Å². The number of ether oxygens (including phenoxy) is 3. The fourth-order valence-electron chi connectivity index (χ4n) is 3.54. The number of aliphatic hydroxyl groups is 1. The zero-order valence-electron chi connectivity index (χ0n) is 18.0. The lowest BCUT2D eigenvalue weighted by molar-refractivity contribution is -0.140. The first-order chi connectivity index (χ1) is 15.0. The van der Waals surface area contributed by atoms with Gasteiger partial charge in [0, 0.05) is 19.2 Å². The molecule has 0 spiro atoms. The van der Waals surface area contributed by atoms with Gasteiger partial charge in [-0.25, -0.2) is 0 Å². The van der Waals surface area contributed by atoms with Gasteiger partial charge in [-0.2, -0.15) is 0 Å². The molecule has 1 fully saturated rings. The summed E-state index contributed by atoms with van der Waals surface area (Å²) in [6, 6.07) is 13.2. The molecule has 3 rings (SSSR count). The largest absolute Gasteiger partial charge is 0.507 e. The third-order valence-electron chi connectivity index (χ3n) is 5.09. The average molecular weight is 425 g/mol. The van der Waals surface area contributed by atoms with Gasteiger partial charge in [0.05, 0.1) is 31.9 Å². The second-order valence-electron chi connectivity index (χ2n) is 7.13. The molecule has 0 aliphatic carbocycles. The molecular weight excluding hydrogens is 398 g/mol. The molecule has 31 heavy (non-hydrogen) atoms. The predicted molar refractivity (Wildman–Crippen MR) is 116 cm³/mol. The molecule has 164 valence electrons. The normalized spacial score (nSPS) is 17.8. The van der Waals surface area contributed by atoms with Gasteiger partial charge in [-0.05, 0) is 36.2 Å². The summed E-state index contributed by atoms with van der Waals surface area (Å²) in [5.74, 6) is -0.405. The molecule has 1 saturated heterocycles. The summed E-state index contributed by atoms with van der Waals surface area (Å²) in [4.78, 5) is 27.2. The molecule has 0 radical (unpaired) electrons. The summed E-state index contributed by atoms with van der Waals surface area (Å²) < 4.78 is 16.0. The quantitative estimate of drug-likeness (QED) is 0.376. The highest BCUT2D eigenvalue weighted by atomic mass is 16.5. The molecule has 7 heteroatoms. The van der Waals surface area contributed by atoms with E-state index < -0.39 is 17.7 Å². The fourth-order valence-corrected chi connectivity index (χ4v) is 3.54. The van der Waals surface area contributed by atoms with Gasteiger partial charge in [0.25, 0.3) is 11.7 Å². The number of amides is 1. The van der Waals surface area contributed by atoms with Crippen LogP contribution in [-0.2, 0) is 14.3 Å². The zero-order valence-corrected chi connectivity index (χ0v) is 18.0. The van der Waals surface area contributed by atoms with Crippen LogP contribution in [0.5, 0.6) is 11.5 Å². The first-order valence-corrected chi connectivity index (χ1v) is 10.2. The van der Waals surface area contributed by atoms with E-state index in [9.17, 15) is 14.7 Å². The van der Waals surface area contributed by atoms with E-state index in [0.717, 1.165) is 6.42 Å². The maximum atomic E-state index is 12.9. The van der Waals surface area contributed by atoms with Crippen molar-refractivity contribution < 1.29 is 28.9 Å². The first-order valence-electron chi connectivity index (χ1n) is 10.2. The number of methoxy groups -OCH3 is 2. The Morgan fingerprint density at radius 2 is 1.77 bits per heavy atom. The lowest BCUT2D eigenvalue weighted by Gasteiger charge is -2.25. The zero-order chi connectivity index (χ0) is 22.4. The van der Waals surface area contributed by atoms with Gasteiger partial charge in [-0.15, -0.1) is 0 Å². The van der Waals surface area contributed by atoms with Crippen LogP contribution >= 0.6 is 0 Å². The Hall–Kier alpha value is -3.32. The predicted octanol–water partition coefficient (Wildman–Crippen LogP) is 3.55. The van der Waals surface area contributed by atoms with E-state index in [-0.39, 0.29) is 24.5 Å². The van der Waals surface area contributed by atoms with Crippen molar-refractivity contribution >= 4 is 17.4 Å². The highest BCUT2D eigenvalue weighted by Gasteiger charge is 2.45. The Morgan fingerprint density at radius 1 is 1.03 bits per heavy atom. The van der Waals surface area contributed by atoms with Gasteiger partial charge in [0.15, 0.2) is 0 Å². The summed E-state index contributed by atoms with van der Waals surface area (Å²) in [6.45, 7) is 3.10. The van der Waals surface area contributed by atoms with E-state index in [1.54, 1.807) is 48.5 Å². The number of benzene rings is 2. The summed E-state index contributed by atoms with van der Waals surface area (Å²) in [6.07, 6.45) is 0.888. The van der Waals surface area contributed by atoms with Crippen LogP contribution in [0.25, 0.3) is 5.76 Å². The maximum Gasteiger partial charge on any atom is 0.295 e. The van der Waals surface area contributed by atoms with E-state index in [1.807, 2.05) is 6.92 Å². The van der Waals surface area contributed by atoms with Crippen LogP contribution in [0.4, 0.5) is 0 Å². The number of hydrogen-bond acceptors (Lipinski definition) is 6. The van der Waals surface area contributed by atoms with Crippen LogP contribution in [0, 0.1) is 0 Å². The lowest BCUT2D eigenvalue weighted by Crippen LogP contribution is -2.32. The number of carbonyl (C=O) groups is 2. The molecule has 0 bridgehead atoms. The van der Waals surface area contributed by atoms with Gasteiger partial charge in [0.2, 0.25) is 0 Å². The second kappa shape index (κ2) is 10.1. The average Bonchev–Trinajstić information content (AvgIpc) is 3.06. The Balaban J connectivity index is 2.08. The Morgan fingerprint density at radius 3 is 2.42 bits per heavy atom. The number of rotatable bonds is 9. The number of carbonyl (C=O) groups excluding carboxylic acids is 2. The SMILES string of the molecule is CCCOc1ccc(C2/C(=C(/O)c3cccc(OC)c3)C(=O)C(=O)N2CCOC)cc1. The number of ketones is 1. The molecule has 1 heterocycles. The minimum absolute atomic E-state index is 0.0385. The van der Waals surface area contributed by atoms with Gasteiger partial charge >= 0.3 is 0 Å². The van der Waals surface area contributed by atoms with Crippen molar-refractivity contribution in [3.05, 3.63) is 65.2 Å². The van der Waals surface area contributed by atoms with Crippen molar-refractivity contribution in [2.75, 3.05) is 34.0 Å². The third-order valence-corrected chi connectivity index (χ3v) is 5.09. The standard InChI is InChI=1S/C24H27NO6/c1-4-13-31-18-10-8-16(9-11-18)21-20(23(27)24(28)25(21)12-14-29-2)22(26)17-6-5-7-19(15-17)30-3/h5-11,15,21,26H,4,12-14H2,1-3H3/b22-20-. The minimum Gasteiger partial charge on any atom is -0.507 e. The summed E-state index contributed by atoms with van der Waals surface area (Å²) in [5, 5.41) is 11.0. The van der Waals surface area contributed by atoms with Gasteiger partial charge in [-0.3, -0.25) is 9.59 Å². The molecule has 0 saturated carbocycles. The Kier molecular flexibility index (Phi) is 7.31. The molecule has 1 aliphatic heterocycles. The number of aliphatic hydroxyl groups excluding tert-OH is 1. The fraction of sp³-hybridized carbons (Fsp3) is 0.333. The summed E-state index contributed by atoms with van der Waals surface area (Å²) >= 11 is 0. The highest BCUT2D eigenvalue weighted by molar-refractivity contribution is 6.46. The molecule has 2 aromatic rings. The number of hydrogen-bond donors (Lipinski definition) is 1. The number of Topliss-reactive ketones (excluding diaryl/α,β-unsaturated/α-hetero) is 1. The monoisotopic (exact) mass is 425 g/mol. The van der Waals surface area contributed by atoms with Gasteiger partial charge in [0.1, 0.15) is 17.3 Å². The van der Waals surface area contributed by atoms with Crippen LogP contribution in [0.15, 0.2) is 54.1 Å². The first kappa shape index (κ1) is 22.4. The van der Waals surface area contributed by atoms with E-state index >= 15 is 0 Å². The van der Waals surface area contributed by atoms with Gasteiger partial charge in [-0.1, -0.05) is 31.2 Å². The van der Waals surface area contributed by atoms with E-state index in [2.05, 4.69) is 0 Å².